The molecule has 102 valence electrons. The van der Waals surface area contributed by atoms with Gasteiger partial charge in [0.2, 0.25) is 0 Å². The second-order valence-corrected chi connectivity index (χ2v) is 6.10. The zero-order valence-electron chi connectivity index (χ0n) is 10.5. The maximum atomic E-state index is 12.7. The van der Waals surface area contributed by atoms with Gasteiger partial charge in [-0.25, -0.2) is 12.4 Å². The Balaban J connectivity index is 2.34. The van der Waals surface area contributed by atoms with Gasteiger partial charge >= 0.3 is 0 Å². The van der Waals surface area contributed by atoms with Crippen LogP contribution >= 0.6 is 0 Å². The summed E-state index contributed by atoms with van der Waals surface area (Å²) in [4.78, 5) is 4.15. The third kappa shape index (κ3) is 1.90. The Hall–Kier alpha value is -2.18. The van der Waals surface area contributed by atoms with Crippen LogP contribution in [0.2, 0.25) is 0 Å². The number of benzene rings is 1. The number of aliphatic hydroxyl groups excluding tert-OH is 1. The fraction of sp³-hybridized carbons (Fsp3) is 0.0714. The molecule has 2 heterocycles. The third-order valence-corrected chi connectivity index (χ3v) is 4.85. The second-order valence-electron chi connectivity index (χ2n) is 4.31. The number of aliphatic hydroxyl groups is 1. The SMILES string of the molecule is O=S(=O)(c1ccccc1)n1c(CO)cc2cnccc21. The first-order chi connectivity index (χ1) is 9.64. The minimum absolute atomic E-state index is 0.184. The molecule has 0 atom stereocenters. The van der Waals surface area contributed by atoms with E-state index in [1.807, 2.05) is 0 Å². The average Bonchev–Trinajstić information content (AvgIpc) is 2.87. The molecule has 0 saturated heterocycles. The molecule has 1 aromatic carbocycles. The van der Waals surface area contributed by atoms with Crippen molar-refractivity contribution in [3.63, 3.8) is 0 Å². The van der Waals surface area contributed by atoms with E-state index in [-0.39, 0.29) is 11.5 Å². The van der Waals surface area contributed by atoms with Crippen LogP contribution in [0.15, 0.2) is 59.8 Å². The number of rotatable bonds is 3. The van der Waals surface area contributed by atoms with Crippen molar-refractivity contribution in [3.05, 3.63) is 60.6 Å². The Morgan fingerprint density at radius 2 is 1.90 bits per heavy atom. The van der Waals surface area contributed by atoms with Crippen LogP contribution in [0.25, 0.3) is 10.9 Å². The largest absolute Gasteiger partial charge is 0.390 e. The van der Waals surface area contributed by atoms with E-state index < -0.39 is 10.0 Å². The van der Waals surface area contributed by atoms with Gasteiger partial charge < -0.3 is 5.11 Å². The molecule has 2 aromatic heterocycles. The minimum atomic E-state index is -3.74. The second kappa shape index (κ2) is 4.73. The normalized spacial score (nSPS) is 11.8. The lowest BCUT2D eigenvalue weighted by molar-refractivity contribution is 0.276. The zero-order valence-corrected chi connectivity index (χ0v) is 11.3. The maximum Gasteiger partial charge on any atom is 0.268 e. The van der Waals surface area contributed by atoms with Crippen LogP contribution in [-0.2, 0) is 16.6 Å². The molecular formula is C14H12N2O3S. The van der Waals surface area contributed by atoms with Gasteiger partial charge in [0.05, 0.1) is 22.7 Å². The minimum Gasteiger partial charge on any atom is -0.390 e. The first-order valence-corrected chi connectivity index (χ1v) is 7.44. The Labute approximate surface area is 116 Å². The highest BCUT2D eigenvalue weighted by molar-refractivity contribution is 7.90. The van der Waals surface area contributed by atoms with E-state index in [2.05, 4.69) is 4.98 Å². The maximum absolute atomic E-state index is 12.7. The van der Waals surface area contributed by atoms with Crippen molar-refractivity contribution in [1.82, 2.24) is 8.96 Å². The molecule has 6 heteroatoms. The van der Waals surface area contributed by atoms with Crippen molar-refractivity contribution >= 4 is 20.9 Å². The molecule has 0 fully saturated rings. The van der Waals surface area contributed by atoms with Gasteiger partial charge in [0.25, 0.3) is 10.0 Å². The van der Waals surface area contributed by atoms with Crippen LogP contribution in [0.1, 0.15) is 5.69 Å². The summed E-state index contributed by atoms with van der Waals surface area (Å²) in [6, 6.07) is 11.4. The summed E-state index contributed by atoms with van der Waals surface area (Å²) in [6.07, 6.45) is 3.10. The molecule has 1 N–H and O–H groups in total. The van der Waals surface area contributed by atoms with Gasteiger partial charge in [-0.1, -0.05) is 18.2 Å². The van der Waals surface area contributed by atoms with Crippen LogP contribution in [0.4, 0.5) is 0 Å². The lowest BCUT2D eigenvalue weighted by Gasteiger charge is -2.10. The van der Waals surface area contributed by atoms with Crippen LogP contribution in [0.3, 0.4) is 0 Å². The summed E-state index contributed by atoms with van der Waals surface area (Å²) in [6.45, 7) is -0.360. The van der Waals surface area contributed by atoms with Crippen molar-refractivity contribution in [2.75, 3.05) is 0 Å². The van der Waals surface area contributed by atoms with E-state index in [9.17, 15) is 13.5 Å². The van der Waals surface area contributed by atoms with Gasteiger partial charge in [0.15, 0.2) is 0 Å². The van der Waals surface area contributed by atoms with E-state index in [4.69, 9.17) is 0 Å². The molecule has 0 aliphatic carbocycles. The quantitative estimate of drug-likeness (QED) is 0.797. The summed E-state index contributed by atoms with van der Waals surface area (Å²) in [5.74, 6) is 0. The van der Waals surface area contributed by atoms with E-state index in [1.54, 1.807) is 36.5 Å². The van der Waals surface area contributed by atoms with Crippen molar-refractivity contribution in [3.8, 4) is 0 Å². The Bertz CT molecular complexity index is 855. The predicted octanol–water partition coefficient (Wildman–Crippen LogP) is 1.77. The lowest BCUT2D eigenvalue weighted by Crippen LogP contribution is -2.15. The van der Waals surface area contributed by atoms with Crippen LogP contribution in [-0.4, -0.2) is 22.5 Å². The van der Waals surface area contributed by atoms with Crippen molar-refractivity contribution < 1.29 is 13.5 Å². The summed E-state index contributed by atoms with van der Waals surface area (Å²) < 4.78 is 26.6. The molecule has 0 unspecified atom stereocenters. The molecule has 3 rings (SSSR count). The summed E-state index contributed by atoms with van der Waals surface area (Å²) in [5, 5.41) is 10.1. The molecule has 0 aliphatic heterocycles. The van der Waals surface area contributed by atoms with Gasteiger partial charge in [-0.05, 0) is 24.3 Å². The third-order valence-electron chi connectivity index (χ3n) is 3.07. The molecule has 0 saturated carbocycles. The van der Waals surface area contributed by atoms with E-state index >= 15 is 0 Å². The van der Waals surface area contributed by atoms with Gasteiger partial charge in [0, 0.05) is 17.8 Å². The molecule has 5 nitrogen and oxygen atoms in total. The summed E-state index contributed by atoms with van der Waals surface area (Å²) in [7, 11) is -3.74. The Morgan fingerprint density at radius 1 is 1.15 bits per heavy atom. The molecule has 0 radical (unpaired) electrons. The van der Waals surface area contributed by atoms with Crippen molar-refractivity contribution in [2.24, 2.45) is 0 Å². The lowest BCUT2D eigenvalue weighted by atomic mass is 10.3. The molecule has 0 aliphatic rings. The van der Waals surface area contributed by atoms with Gasteiger partial charge in [-0.2, -0.15) is 0 Å². The van der Waals surface area contributed by atoms with E-state index in [0.29, 0.717) is 16.6 Å². The fourth-order valence-electron chi connectivity index (χ4n) is 2.18. The number of hydrogen-bond donors (Lipinski definition) is 1. The van der Waals surface area contributed by atoms with Crippen LogP contribution in [0, 0.1) is 0 Å². The highest BCUT2D eigenvalue weighted by Gasteiger charge is 2.22. The molecule has 3 aromatic rings. The topological polar surface area (TPSA) is 72.2 Å². The number of aromatic nitrogens is 2. The molecule has 20 heavy (non-hydrogen) atoms. The Morgan fingerprint density at radius 3 is 2.60 bits per heavy atom. The highest BCUT2D eigenvalue weighted by Crippen LogP contribution is 2.25. The molecule has 0 bridgehead atoms. The molecule has 0 amide bonds. The fourth-order valence-corrected chi connectivity index (χ4v) is 3.74. The monoisotopic (exact) mass is 288 g/mol. The summed E-state index contributed by atoms with van der Waals surface area (Å²) >= 11 is 0. The summed E-state index contributed by atoms with van der Waals surface area (Å²) in [5.41, 5.74) is 0.824. The smallest absolute Gasteiger partial charge is 0.268 e. The van der Waals surface area contributed by atoms with Crippen molar-refractivity contribution in [1.29, 1.82) is 0 Å². The van der Waals surface area contributed by atoms with Crippen molar-refractivity contribution in [2.45, 2.75) is 11.5 Å². The van der Waals surface area contributed by atoms with E-state index in [0.717, 1.165) is 0 Å². The van der Waals surface area contributed by atoms with Gasteiger partial charge in [-0.15, -0.1) is 0 Å². The molecular weight excluding hydrogens is 276 g/mol. The molecule has 0 spiro atoms. The first-order valence-electron chi connectivity index (χ1n) is 6.00. The average molecular weight is 288 g/mol. The van der Waals surface area contributed by atoms with Crippen LogP contribution in [0.5, 0.6) is 0 Å². The standard InChI is InChI=1S/C14H12N2O3S/c17-10-12-8-11-9-15-7-6-14(11)16(12)20(18,19)13-4-2-1-3-5-13/h1-9,17H,10H2. The number of hydrogen-bond acceptors (Lipinski definition) is 4. The number of nitrogens with zero attached hydrogens (tertiary/aromatic N) is 2. The van der Waals surface area contributed by atoms with Gasteiger partial charge in [-0.3, -0.25) is 4.98 Å². The zero-order chi connectivity index (χ0) is 14.2. The number of pyridine rings is 1. The van der Waals surface area contributed by atoms with E-state index in [1.165, 1.54) is 22.3 Å². The number of fused-ring (bicyclic) bond motifs is 1. The Kier molecular flexibility index (Phi) is 3.04. The van der Waals surface area contributed by atoms with Gasteiger partial charge in [0.1, 0.15) is 0 Å². The highest BCUT2D eigenvalue weighted by atomic mass is 32.2. The van der Waals surface area contributed by atoms with Crippen LogP contribution < -0.4 is 0 Å². The first kappa shape index (κ1) is 12.8. The predicted molar refractivity (Wildman–Crippen MR) is 74.7 cm³/mol.